The lowest BCUT2D eigenvalue weighted by Gasteiger charge is -2.20. The van der Waals surface area contributed by atoms with Crippen molar-refractivity contribution in [3.05, 3.63) is 63.9 Å². The van der Waals surface area contributed by atoms with Crippen LogP contribution in [0.3, 0.4) is 0 Å². The third kappa shape index (κ3) is 3.11. The Kier molecular flexibility index (Phi) is 4.69. The highest BCUT2D eigenvalue weighted by Gasteiger charge is 2.21. The molecule has 0 aromatic heterocycles. The largest absolute Gasteiger partial charge is 0.389 e. The van der Waals surface area contributed by atoms with Crippen LogP contribution in [-0.4, -0.2) is 17.9 Å². The minimum absolute atomic E-state index is 0.0235. The van der Waals surface area contributed by atoms with Gasteiger partial charge in [-0.1, -0.05) is 30.4 Å². The van der Waals surface area contributed by atoms with Crippen LogP contribution in [0, 0.1) is 5.82 Å². The first-order valence-electron chi connectivity index (χ1n) is 6.04. The zero-order valence-electron chi connectivity index (χ0n) is 11.1. The minimum Gasteiger partial charge on any atom is -0.389 e. The molecule has 21 heavy (non-hydrogen) atoms. The zero-order valence-corrected chi connectivity index (χ0v) is 13.5. The monoisotopic (exact) mass is 366 g/mol. The average molecular weight is 367 g/mol. The molecule has 6 heteroatoms. The van der Waals surface area contributed by atoms with Gasteiger partial charge in [-0.2, -0.15) is 0 Å². The Morgan fingerprint density at radius 1 is 1.19 bits per heavy atom. The summed E-state index contributed by atoms with van der Waals surface area (Å²) in [7, 11) is 1.56. The smallest absolute Gasteiger partial charge is 0.261 e. The van der Waals surface area contributed by atoms with E-state index in [1.807, 2.05) is 0 Å². The molecule has 1 amide bonds. The zero-order chi connectivity index (χ0) is 15.6. The number of anilines is 1. The number of nitrogens with zero attached hydrogens (tertiary/aromatic N) is 1. The first kappa shape index (κ1) is 15.6. The van der Waals surface area contributed by atoms with E-state index in [1.165, 1.54) is 17.0 Å². The van der Waals surface area contributed by atoms with Gasteiger partial charge in [0.1, 0.15) is 10.8 Å². The van der Waals surface area contributed by atoms with Gasteiger partial charge in [-0.05, 0) is 40.2 Å². The molecular formula is C15H12BrFN2OS. The second kappa shape index (κ2) is 6.32. The number of hydrogen-bond acceptors (Lipinski definition) is 2. The highest BCUT2D eigenvalue weighted by Crippen LogP contribution is 2.24. The highest BCUT2D eigenvalue weighted by molar-refractivity contribution is 9.10. The summed E-state index contributed by atoms with van der Waals surface area (Å²) >= 11 is 8.05. The summed E-state index contributed by atoms with van der Waals surface area (Å²) in [6.07, 6.45) is 0. The number of para-hydroxylation sites is 1. The molecule has 0 fully saturated rings. The summed E-state index contributed by atoms with van der Waals surface area (Å²) in [5.41, 5.74) is 6.74. The molecule has 0 heterocycles. The van der Waals surface area contributed by atoms with Crippen molar-refractivity contribution in [2.24, 2.45) is 5.73 Å². The fourth-order valence-corrected chi connectivity index (χ4v) is 2.47. The molecule has 0 aliphatic heterocycles. The molecule has 2 N–H and O–H groups in total. The van der Waals surface area contributed by atoms with E-state index < -0.39 is 11.7 Å². The average Bonchev–Trinajstić information content (AvgIpc) is 2.48. The second-order valence-corrected chi connectivity index (χ2v) is 5.64. The lowest BCUT2D eigenvalue weighted by Crippen LogP contribution is -2.29. The summed E-state index contributed by atoms with van der Waals surface area (Å²) in [6, 6.07) is 11.5. The Morgan fingerprint density at radius 3 is 2.48 bits per heavy atom. The fraction of sp³-hybridized carbons (Fsp3) is 0.0667. The van der Waals surface area contributed by atoms with Crippen LogP contribution in [0.5, 0.6) is 0 Å². The van der Waals surface area contributed by atoms with E-state index in [4.69, 9.17) is 18.0 Å². The number of benzene rings is 2. The number of nitrogens with two attached hydrogens (primary N) is 1. The fourth-order valence-electron chi connectivity index (χ4n) is 1.93. The van der Waals surface area contributed by atoms with E-state index in [0.29, 0.717) is 11.3 Å². The van der Waals surface area contributed by atoms with Gasteiger partial charge < -0.3 is 10.6 Å². The Hall–Kier alpha value is -1.79. The van der Waals surface area contributed by atoms with Crippen LogP contribution < -0.4 is 10.6 Å². The van der Waals surface area contributed by atoms with Crippen molar-refractivity contribution in [1.29, 1.82) is 0 Å². The van der Waals surface area contributed by atoms with E-state index in [1.54, 1.807) is 37.4 Å². The molecule has 0 saturated heterocycles. The van der Waals surface area contributed by atoms with Gasteiger partial charge in [0.15, 0.2) is 0 Å². The van der Waals surface area contributed by atoms with Crippen molar-refractivity contribution in [1.82, 2.24) is 0 Å². The molecule has 2 rings (SSSR count). The molecule has 0 unspecified atom stereocenters. The summed E-state index contributed by atoms with van der Waals surface area (Å²) in [5.74, 6) is -1.07. The maximum atomic E-state index is 14.0. The molecule has 0 radical (unpaired) electrons. The number of halogens is 2. The topological polar surface area (TPSA) is 46.3 Å². The number of carbonyl (C=O) groups excluding carboxylic acids is 1. The molecule has 0 spiro atoms. The van der Waals surface area contributed by atoms with Gasteiger partial charge in [0.05, 0.1) is 15.7 Å². The van der Waals surface area contributed by atoms with Crippen LogP contribution in [0.2, 0.25) is 0 Å². The van der Waals surface area contributed by atoms with E-state index in [-0.39, 0.29) is 15.0 Å². The molecular weight excluding hydrogens is 355 g/mol. The molecule has 0 atom stereocenters. The van der Waals surface area contributed by atoms with Crippen molar-refractivity contribution in [2.45, 2.75) is 0 Å². The summed E-state index contributed by atoms with van der Waals surface area (Å²) in [4.78, 5) is 14.0. The van der Waals surface area contributed by atoms with E-state index in [2.05, 4.69) is 15.9 Å². The molecule has 0 saturated carbocycles. The van der Waals surface area contributed by atoms with Gasteiger partial charge in [-0.15, -0.1) is 0 Å². The van der Waals surface area contributed by atoms with Crippen molar-refractivity contribution in [3.8, 4) is 0 Å². The summed E-state index contributed by atoms with van der Waals surface area (Å²) in [5, 5.41) is 0. The summed E-state index contributed by atoms with van der Waals surface area (Å²) in [6.45, 7) is 0. The van der Waals surface area contributed by atoms with Crippen LogP contribution in [0.4, 0.5) is 10.1 Å². The van der Waals surface area contributed by atoms with Gasteiger partial charge in [0, 0.05) is 12.6 Å². The van der Waals surface area contributed by atoms with Crippen molar-refractivity contribution < 1.29 is 9.18 Å². The van der Waals surface area contributed by atoms with E-state index in [0.717, 1.165) is 0 Å². The quantitative estimate of drug-likeness (QED) is 0.845. The Morgan fingerprint density at radius 2 is 1.81 bits per heavy atom. The highest BCUT2D eigenvalue weighted by atomic mass is 79.9. The third-order valence-electron chi connectivity index (χ3n) is 3.02. The normalized spacial score (nSPS) is 10.2. The number of amides is 1. The lowest BCUT2D eigenvalue weighted by atomic mass is 10.1. The molecule has 0 bridgehead atoms. The lowest BCUT2D eigenvalue weighted by molar-refractivity contribution is 0.0989. The van der Waals surface area contributed by atoms with Crippen molar-refractivity contribution in [3.63, 3.8) is 0 Å². The van der Waals surface area contributed by atoms with Crippen LogP contribution >= 0.6 is 28.1 Å². The van der Waals surface area contributed by atoms with Crippen molar-refractivity contribution >= 4 is 44.7 Å². The van der Waals surface area contributed by atoms with Crippen molar-refractivity contribution in [2.75, 3.05) is 11.9 Å². The molecule has 108 valence electrons. The Bertz CT molecular complexity index is 721. The minimum atomic E-state index is -0.595. The van der Waals surface area contributed by atoms with Gasteiger partial charge in [0.25, 0.3) is 5.91 Å². The number of hydrogen-bond donors (Lipinski definition) is 1. The number of thiocarbonyl (C=S) groups is 1. The van der Waals surface area contributed by atoms with E-state index in [9.17, 15) is 9.18 Å². The van der Waals surface area contributed by atoms with Crippen LogP contribution in [0.1, 0.15) is 15.9 Å². The predicted octanol–water partition coefficient (Wildman–Crippen LogP) is 3.50. The van der Waals surface area contributed by atoms with E-state index >= 15 is 0 Å². The number of carbonyl (C=O) groups is 1. The predicted molar refractivity (Wildman–Crippen MR) is 89.2 cm³/mol. The standard InChI is InChI=1S/C15H12BrFN2OS/c1-19(12-8-3-2-5-9(12)14(18)21)15(20)10-6-4-7-11(16)13(10)17/h2-8H,1H3,(H2,18,21). The maximum Gasteiger partial charge on any atom is 0.261 e. The number of rotatable bonds is 3. The molecule has 3 nitrogen and oxygen atoms in total. The molecule has 2 aromatic carbocycles. The third-order valence-corrected chi connectivity index (χ3v) is 3.85. The van der Waals surface area contributed by atoms with Crippen LogP contribution in [0.15, 0.2) is 46.9 Å². The molecule has 0 aliphatic rings. The van der Waals surface area contributed by atoms with Gasteiger partial charge in [0.2, 0.25) is 0 Å². The van der Waals surface area contributed by atoms with Gasteiger partial charge in [-0.3, -0.25) is 4.79 Å². The SMILES string of the molecule is CN(C(=O)c1cccc(Br)c1F)c1ccccc1C(N)=S. The Labute approximate surface area is 135 Å². The maximum absolute atomic E-state index is 14.0. The second-order valence-electron chi connectivity index (χ2n) is 4.35. The first-order chi connectivity index (χ1) is 9.93. The summed E-state index contributed by atoms with van der Waals surface area (Å²) < 4.78 is 14.3. The Balaban J connectivity index is 2.45. The first-order valence-corrected chi connectivity index (χ1v) is 7.24. The van der Waals surface area contributed by atoms with Crippen LogP contribution in [-0.2, 0) is 0 Å². The molecule has 0 aliphatic carbocycles. The van der Waals surface area contributed by atoms with Gasteiger partial charge in [-0.25, -0.2) is 4.39 Å². The van der Waals surface area contributed by atoms with Gasteiger partial charge >= 0.3 is 0 Å². The molecule has 2 aromatic rings. The van der Waals surface area contributed by atoms with Crippen LogP contribution in [0.25, 0.3) is 0 Å².